The number of nitriles is 1. The Balaban J connectivity index is 3.40. The molecule has 15 heavy (non-hydrogen) atoms. The number of rotatable bonds is 3. The molecule has 0 fully saturated rings. The van der Waals surface area contributed by atoms with Crippen molar-refractivity contribution in [1.29, 1.82) is 5.26 Å². The number of sulfonamides is 1. The van der Waals surface area contributed by atoms with Crippen LogP contribution in [0.3, 0.4) is 0 Å². The fourth-order valence-corrected chi connectivity index (χ4v) is 2.37. The summed E-state index contributed by atoms with van der Waals surface area (Å²) in [5.74, 6) is 0. The van der Waals surface area contributed by atoms with Gasteiger partial charge in [-0.05, 0) is 12.5 Å². The Kier molecular flexibility index (Phi) is 3.39. The topological polar surface area (TPSA) is 82.8 Å². The smallest absolute Gasteiger partial charge is 0.243 e. The fourth-order valence-electron chi connectivity index (χ4n) is 1.15. The maximum atomic E-state index is 11.7. The molecule has 0 saturated carbocycles. The van der Waals surface area contributed by atoms with Crippen molar-refractivity contribution in [2.24, 2.45) is 0 Å². The molecule has 0 spiro atoms. The monoisotopic (exact) mass is 225 g/mol. The van der Waals surface area contributed by atoms with E-state index in [1.54, 1.807) is 13.8 Å². The van der Waals surface area contributed by atoms with Crippen LogP contribution < -0.4 is 4.72 Å². The quantitative estimate of drug-likeness (QED) is 0.814. The van der Waals surface area contributed by atoms with E-state index in [1.165, 1.54) is 12.4 Å². The highest BCUT2D eigenvalue weighted by molar-refractivity contribution is 7.89. The van der Waals surface area contributed by atoms with Crippen molar-refractivity contribution >= 4 is 10.0 Å². The molecule has 0 aliphatic heterocycles. The first kappa shape index (κ1) is 11.6. The highest BCUT2D eigenvalue weighted by atomic mass is 32.2. The summed E-state index contributed by atoms with van der Waals surface area (Å²) in [5.41, 5.74) is 0.697. The van der Waals surface area contributed by atoms with Gasteiger partial charge in [0.15, 0.2) is 0 Å². The molecular weight excluding hydrogens is 214 g/mol. The molecule has 0 aliphatic rings. The van der Waals surface area contributed by atoms with Crippen molar-refractivity contribution in [3.05, 3.63) is 23.5 Å². The average Bonchev–Trinajstić information content (AvgIpc) is 2.17. The van der Waals surface area contributed by atoms with E-state index in [-0.39, 0.29) is 17.0 Å². The largest absolute Gasteiger partial charge is 0.263 e. The highest BCUT2D eigenvalue weighted by Gasteiger charge is 2.19. The van der Waals surface area contributed by atoms with Gasteiger partial charge in [0.1, 0.15) is 11.0 Å². The third-order valence-corrected chi connectivity index (χ3v) is 3.39. The van der Waals surface area contributed by atoms with E-state index in [1.807, 2.05) is 6.07 Å². The Bertz CT molecular complexity index is 503. The number of nitrogens with one attached hydrogen (secondary N) is 1. The van der Waals surface area contributed by atoms with Crippen LogP contribution in [0.2, 0.25) is 0 Å². The van der Waals surface area contributed by atoms with Crippen molar-refractivity contribution in [2.45, 2.75) is 18.7 Å². The van der Waals surface area contributed by atoms with Gasteiger partial charge >= 0.3 is 0 Å². The van der Waals surface area contributed by atoms with Crippen LogP contribution in [0.5, 0.6) is 0 Å². The van der Waals surface area contributed by atoms with E-state index in [0.717, 1.165) is 0 Å². The second kappa shape index (κ2) is 4.38. The lowest BCUT2D eigenvalue weighted by molar-refractivity contribution is 0.583. The summed E-state index contributed by atoms with van der Waals surface area (Å²) >= 11 is 0. The number of aryl methyl sites for hydroxylation is 1. The molecular formula is C9H11N3O2S. The van der Waals surface area contributed by atoms with Crippen molar-refractivity contribution in [1.82, 2.24) is 9.71 Å². The molecule has 5 nitrogen and oxygen atoms in total. The minimum absolute atomic E-state index is 0.0631. The molecule has 0 atom stereocenters. The summed E-state index contributed by atoms with van der Waals surface area (Å²) < 4.78 is 25.6. The van der Waals surface area contributed by atoms with Gasteiger partial charge in [0.05, 0.1) is 5.56 Å². The molecule has 1 N–H and O–H groups in total. The first-order valence-corrected chi connectivity index (χ1v) is 5.85. The molecule has 80 valence electrons. The lowest BCUT2D eigenvalue weighted by Crippen LogP contribution is -2.24. The summed E-state index contributed by atoms with van der Waals surface area (Å²) in [5, 5.41) is 8.86. The third kappa shape index (κ3) is 2.32. The van der Waals surface area contributed by atoms with Crippen LogP contribution in [0.25, 0.3) is 0 Å². The minimum Gasteiger partial charge on any atom is -0.263 e. The second-order valence-electron chi connectivity index (χ2n) is 2.94. The van der Waals surface area contributed by atoms with Gasteiger partial charge in [-0.25, -0.2) is 13.1 Å². The summed E-state index contributed by atoms with van der Waals surface area (Å²) in [6.45, 7) is 3.60. The molecule has 6 heteroatoms. The van der Waals surface area contributed by atoms with Crippen LogP contribution in [0, 0.1) is 18.3 Å². The Labute approximate surface area is 88.8 Å². The Morgan fingerprint density at radius 1 is 1.53 bits per heavy atom. The van der Waals surface area contributed by atoms with Crippen LogP contribution in [0.1, 0.15) is 18.1 Å². The van der Waals surface area contributed by atoms with E-state index in [4.69, 9.17) is 5.26 Å². The second-order valence-corrected chi connectivity index (χ2v) is 4.68. The van der Waals surface area contributed by atoms with Gasteiger partial charge in [-0.15, -0.1) is 0 Å². The van der Waals surface area contributed by atoms with Gasteiger partial charge in [-0.3, -0.25) is 4.98 Å². The lowest BCUT2D eigenvalue weighted by atomic mass is 10.2. The number of nitrogens with zero attached hydrogens (tertiary/aromatic N) is 2. The van der Waals surface area contributed by atoms with E-state index < -0.39 is 10.0 Å². The molecule has 0 aromatic carbocycles. The van der Waals surface area contributed by atoms with E-state index in [9.17, 15) is 8.42 Å². The highest BCUT2D eigenvalue weighted by Crippen LogP contribution is 2.16. The van der Waals surface area contributed by atoms with E-state index >= 15 is 0 Å². The zero-order valence-electron chi connectivity index (χ0n) is 8.48. The Morgan fingerprint density at radius 2 is 2.20 bits per heavy atom. The van der Waals surface area contributed by atoms with Gasteiger partial charge in [-0.2, -0.15) is 5.26 Å². The molecule has 1 rings (SSSR count). The summed E-state index contributed by atoms with van der Waals surface area (Å²) in [6, 6.07) is 1.87. The SMILES string of the molecule is CCNS(=O)(=O)c1cncc(C)c1C#N. The molecule has 1 heterocycles. The zero-order chi connectivity index (χ0) is 11.5. The van der Waals surface area contributed by atoms with Crippen molar-refractivity contribution in [2.75, 3.05) is 6.54 Å². The molecule has 0 amide bonds. The lowest BCUT2D eigenvalue weighted by Gasteiger charge is -2.06. The van der Waals surface area contributed by atoms with Gasteiger partial charge in [0.25, 0.3) is 0 Å². The maximum Gasteiger partial charge on any atom is 0.243 e. The summed E-state index contributed by atoms with van der Waals surface area (Å²) in [6.07, 6.45) is 2.65. The van der Waals surface area contributed by atoms with Crippen molar-refractivity contribution in [3.63, 3.8) is 0 Å². The van der Waals surface area contributed by atoms with Crippen LogP contribution in [0.15, 0.2) is 17.3 Å². The van der Waals surface area contributed by atoms with Crippen LogP contribution >= 0.6 is 0 Å². The molecule has 0 radical (unpaired) electrons. The summed E-state index contributed by atoms with van der Waals surface area (Å²) in [4.78, 5) is 3.71. The van der Waals surface area contributed by atoms with Gasteiger partial charge in [-0.1, -0.05) is 6.92 Å². The van der Waals surface area contributed by atoms with Crippen LogP contribution in [-0.2, 0) is 10.0 Å². The third-order valence-electron chi connectivity index (χ3n) is 1.84. The first-order valence-electron chi connectivity index (χ1n) is 4.37. The van der Waals surface area contributed by atoms with Gasteiger partial charge in [0, 0.05) is 18.9 Å². The van der Waals surface area contributed by atoms with Gasteiger partial charge in [0.2, 0.25) is 10.0 Å². The zero-order valence-corrected chi connectivity index (χ0v) is 9.30. The van der Waals surface area contributed by atoms with Crippen molar-refractivity contribution in [3.8, 4) is 6.07 Å². The molecule has 0 bridgehead atoms. The first-order chi connectivity index (χ1) is 7.03. The number of pyridine rings is 1. The fraction of sp³-hybridized carbons (Fsp3) is 0.333. The predicted octanol–water partition coefficient (Wildman–Crippen LogP) is 0.560. The summed E-state index contributed by atoms with van der Waals surface area (Å²) in [7, 11) is -3.61. The van der Waals surface area contributed by atoms with E-state index in [0.29, 0.717) is 5.56 Å². The normalized spacial score (nSPS) is 11.0. The molecule has 1 aromatic heterocycles. The molecule has 0 saturated heterocycles. The van der Waals surface area contributed by atoms with Crippen LogP contribution in [-0.4, -0.2) is 19.9 Å². The molecule has 1 aromatic rings. The van der Waals surface area contributed by atoms with Crippen molar-refractivity contribution < 1.29 is 8.42 Å². The average molecular weight is 225 g/mol. The molecule has 0 unspecified atom stereocenters. The Morgan fingerprint density at radius 3 is 2.73 bits per heavy atom. The minimum atomic E-state index is -3.61. The maximum absolute atomic E-state index is 11.7. The van der Waals surface area contributed by atoms with E-state index in [2.05, 4.69) is 9.71 Å². The van der Waals surface area contributed by atoms with Crippen LogP contribution in [0.4, 0.5) is 0 Å². The van der Waals surface area contributed by atoms with Gasteiger partial charge < -0.3 is 0 Å². The number of hydrogen-bond donors (Lipinski definition) is 1. The standard InChI is InChI=1S/C9H11N3O2S/c1-3-12-15(13,14)9-6-11-5-7(2)8(9)4-10/h5-6,12H,3H2,1-2H3. The predicted molar refractivity (Wildman–Crippen MR) is 54.6 cm³/mol. The Hall–Kier alpha value is -1.45. The number of aromatic nitrogens is 1. The molecule has 0 aliphatic carbocycles. The number of hydrogen-bond acceptors (Lipinski definition) is 4.